The van der Waals surface area contributed by atoms with Gasteiger partial charge in [0.05, 0.1) is 11.7 Å². The Morgan fingerprint density at radius 2 is 1.83 bits per heavy atom. The first-order chi connectivity index (χ1) is 11.4. The maximum atomic E-state index is 10.8. The van der Waals surface area contributed by atoms with E-state index in [4.69, 9.17) is 0 Å². The molecule has 0 aromatic rings. The maximum absolute atomic E-state index is 10.8. The molecule has 2 N–H and O–H groups in total. The van der Waals surface area contributed by atoms with Crippen LogP contribution in [-0.2, 0) is 0 Å². The van der Waals surface area contributed by atoms with Crippen LogP contribution < -0.4 is 0 Å². The highest BCUT2D eigenvalue weighted by molar-refractivity contribution is 5.26. The van der Waals surface area contributed by atoms with Gasteiger partial charge < -0.3 is 10.2 Å². The summed E-state index contributed by atoms with van der Waals surface area (Å²) in [6, 6.07) is 0. The zero-order valence-corrected chi connectivity index (χ0v) is 15.8. The molecular formula is C22H36O2. The van der Waals surface area contributed by atoms with Crippen molar-refractivity contribution in [1.82, 2.24) is 0 Å². The Bertz CT molecular complexity index is 526. The summed E-state index contributed by atoms with van der Waals surface area (Å²) in [4.78, 5) is 0. The molecule has 0 aromatic carbocycles. The third-order valence-corrected chi connectivity index (χ3v) is 8.88. The van der Waals surface area contributed by atoms with E-state index in [0.717, 1.165) is 43.4 Å². The summed E-state index contributed by atoms with van der Waals surface area (Å²) in [5.41, 5.74) is 1.41. The Morgan fingerprint density at radius 3 is 2.58 bits per heavy atom. The van der Waals surface area contributed by atoms with E-state index in [1.807, 2.05) is 0 Å². The van der Waals surface area contributed by atoms with E-state index in [-0.39, 0.29) is 6.10 Å². The molecule has 2 nitrogen and oxygen atoms in total. The molecule has 3 saturated carbocycles. The van der Waals surface area contributed by atoms with Crippen LogP contribution in [0.4, 0.5) is 0 Å². The Kier molecular flexibility index (Phi) is 4.16. The summed E-state index contributed by atoms with van der Waals surface area (Å²) < 4.78 is 0. The number of aliphatic hydroxyl groups is 2. The highest BCUT2D eigenvalue weighted by Gasteiger charge is 2.55. The second-order valence-electron chi connectivity index (χ2n) is 9.86. The number of hydrogen-bond acceptors (Lipinski definition) is 2. The molecule has 4 rings (SSSR count). The molecule has 0 bridgehead atoms. The molecule has 24 heavy (non-hydrogen) atoms. The Hall–Kier alpha value is -0.340. The number of rotatable bonds is 1. The van der Waals surface area contributed by atoms with E-state index in [9.17, 15) is 10.2 Å². The molecule has 0 heterocycles. The molecule has 0 amide bonds. The van der Waals surface area contributed by atoms with Gasteiger partial charge in [-0.15, -0.1) is 0 Å². The van der Waals surface area contributed by atoms with Crippen molar-refractivity contribution in [1.29, 1.82) is 0 Å². The fourth-order valence-electron chi connectivity index (χ4n) is 7.05. The molecule has 0 aliphatic heterocycles. The standard InChI is InChI=1S/C22H36O2/c1-4-22(24)12-11-21(3)15(13-22)6-8-17-16-7-5-14(2)20(23)18(16)9-10-19(17)21/h6,14,16-20,23-24H,4-5,7-13H2,1-3H3/t14?,16-,17-,18-,19-,20+,21-,22-/m0/s1. The third-order valence-electron chi connectivity index (χ3n) is 8.88. The second-order valence-corrected chi connectivity index (χ2v) is 9.86. The molecule has 4 aliphatic carbocycles. The summed E-state index contributed by atoms with van der Waals surface area (Å²) in [7, 11) is 0. The number of fused-ring (bicyclic) bond motifs is 5. The van der Waals surface area contributed by atoms with Gasteiger partial charge >= 0.3 is 0 Å². The van der Waals surface area contributed by atoms with Gasteiger partial charge in [-0.1, -0.05) is 32.4 Å². The molecule has 0 spiro atoms. The van der Waals surface area contributed by atoms with Crippen molar-refractivity contribution < 1.29 is 10.2 Å². The van der Waals surface area contributed by atoms with E-state index >= 15 is 0 Å². The SMILES string of the molecule is CC[C@]1(O)CC[C@@]2(C)C(=CC[C@H]3[C@@H]4CCC(C)[C@@H](O)[C@H]4CC[C@@H]32)C1. The Morgan fingerprint density at radius 1 is 1.08 bits per heavy atom. The first-order valence-electron chi connectivity index (χ1n) is 10.5. The smallest absolute Gasteiger partial charge is 0.0682 e. The van der Waals surface area contributed by atoms with Gasteiger partial charge in [-0.2, -0.15) is 0 Å². The van der Waals surface area contributed by atoms with E-state index in [2.05, 4.69) is 26.8 Å². The largest absolute Gasteiger partial charge is 0.393 e. The lowest BCUT2D eigenvalue weighted by Gasteiger charge is -2.59. The van der Waals surface area contributed by atoms with Crippen molar-refractivity contribution in [3.8, 4) is 0 Å². The lowest BCUT2D eigenvalue weighted by atomic mass is 9.47. The molecule has 0 radical (unpaired) electrons. The predicted molar refractivity (Wildman–Crippen MR) is 97.5 cm³/mol. The normalized spacial score (nSPS) is 54.3. The topological polar surface area (TPSA) is 40.5 Å². The third kappa shape index (κ3) is 2.43. The molecule has 8 atom stereocenters. The Labute approximate surface area is 147 Å². The molecule has 1 unspecified atom stereocenters. The minimum absolute atomic E-state index is 0.0700. The van der Waals surface area contributed by atoms with Crippen LogP contribution in [0.5, 0.6) is 0 Å². The van der Waals surface area contributed by atoms with Crippen LogP contribution in [0.3, 0.4) is 0 Å². The molecule has 136 valence electrons. The molecule has 4 aliphatic rings. The summed E-state index contributed by atoms with van der Waals surface area (Å²) >= 11 is 0. The number of aliphatic hydroxyl groups excluding tert-OH is 1. The van der Waals surface area contributed by atoms with E-state index in [1.54, 1.807) is 5.57 Å². The summed E-state index contributed by atoms with van der Waals surface area (Å²) in [6.07, 6.45) is 12.6. The number of hydrogen-bond donors (Lipinski definition) is 2. The van der Waals surface area contributed by atoms with Crippen molar-refractivity contribution >= 4 is 0 Å². The second kappa shape index (κ2) is 5.84. The van der Waals surface area contributed by atoms with Gasteiger partial charge in [0, 0.05) is 0 Å². The van der Waals surface area contributed by atoms with E-state index in [1.165, 1.54) is 32.1 Å². The van der Waals surface area contributed by atoms with Gasteiger partial charge in [-0.3, -0.25) is 0 Å². The fourth-order valence-corrected chi connectivity index (χ4v) is 7.05. The minimum atomic E-state index is -0.453. The minimum Gasteiger partial charge on any atom is -0.393 e. The van der Waals surface area contributed by atoms with Crippen LogP contribution in [0.1, 0.15) is 78.6 Å². The monoisotopic (exact) mass is 332 g/mol. The molecule has 3 fully saturated rings. The van der Waals surface area contributed by atoms with Crippen LogP contribution in [0, 0.1) is 35.0 Å². The molecule has 2 heteroatoms. The first kappa shape index (κ1) is 17.1. The van der Waals surface area contributed by atoms with Crippen LogP contribution in [0.25, 0.3) is 0 Å². The van der Waals surface area contributed by atoms with Crippen molar-refractivity contribution in [3.05, 3.63) is 11.6 Å². The predicted octanol–water partition coefficient (Wildman–Crippen LogP) is 4.70. The average molecular weight is 333 g/mol. The summed E-state index contributed by atoms with van der Waals surface area (Å²) in [5.74, 6) is 3.32. The molecular weight excluding hydrogens is 296 g/mol. The van der Waals surface area contributed by atoms with Crippen LogP contribution in [0.2, 0.25) is 0 Å². The van der Waals surface area contributed by atoms with E-state index < -0.39 is 5.60 Å². The summed E-state index contributed by atoms with van der Waals surface area (Å²) in [5, 5.41) is 21.5. The van der Waals surface area contributed by atoms with Gasteiger partial charge in [-0.05, 0) is 92.8 Å². The van der Waals surface area contributed by atoms with Gasteiger partial charge in [0.15, 0.2) is 0 Å². The maximum Gasteiger partial charge on any atom is 0.0682 e. The van der Waals surface area contributed by atoms with Gasteiger partial charge in [0.1, 0.15) is 0 Å². The lowest BCUT2D eigenvalue weighted by molar-refractivity contribution is -0.0980. The Balaban J connectivity index is 1.61. The van der Waals surface area contributed by atoms with E-state index in [0.29, 0.717) is 17.3 Å². The number of allylic oxidation sites excluding steroid dienone is 1. The van der Waals surface area contributed by atoms with Crippen molar-refractivity contribution in [2.24, 2.45) is 35.0 Å². The van der Waals surface area contributed by atoms with Crippen molar-refractivity contribution in [2.45, 2.75) is 90.3 Å². The van der Waals surface area contributed by atoms with Gasteiger partial charge in [-0.25, -0.2) is 0 Å². The summed E-state index contributed by atoms with van der Waals surface area (Å²) in [6.45, 7) is 6.86. The highest BCUT2D eigenvalue weighted by atomic mass is 16.3. The zero-order chi connectivity index (χ0) is 17.1. The fraction of sp³-hybridized carbons (Fsp3) is 0.909. The van der Waals surface area contributed by atoms with Crippen molar-refractivity contribution in [2.75, 3.05) is 0 Å². The molecule has 0 aromatic heterocycles. The van der Waals surface area contributed by atoms with Crippen LogP contribution in [-0.4, -0.2) is 21.9 Å². The van der Waals surface area contributed by atoms with Crippen LogP contribution >= 0.6 is 0 Å². The average Bonchev–Trinajstić information content (AvgIpc) is 2.58. The van der Waals surface area contributed by atoms with Crippen LogP contribution in [0.15, 0.2) is 11.6 Å². The van der Waals surface area contributed by atoms with Crippen molar-refractivity contribution in [3.63, 3.8) is 0 Å². The zero-order valence-electron chi connectivity index (χ0n) is 15.8. The van der Waals surface area contributed by atoms with Gasteiger partial charge in [0.2, 0.25) is 0 Å². The first-order valence-corrected chi connectivity index (χ1v) is 10.5. The molecule has 0 saturated heterocycles. The highest BCUT2D eigenvalue weighted by Crippen LogP contribution is 2.62. The van der Waals surface area contributed by atoms with Gasteiger partial charge in [0.25, 0.3) is 0 Å². The lowest BCUT2D eigenvalue weighted by Crippen LogP contribution is -2.53. The quantitative estimate of drug-likeness (QED) is 0.683.